The lowest BCUT2D eigenvalue weighted by molar-refractivity contribution is 0.0946. The zero-order chi connectivity index (χ0) is 17.1. The number of primary amides is 1. The molecule has 0 bridgehead atoms. The van der Waals surface area contributed by atoms with Crippen LogP contribution in [0.2, 0.25) is 0 Å². The normalized spacial score (nSPS) is 10.5. The van der Waals surface area contributed by atoms with Crippen LogP contribution in [0.25, 0.3) is 10.9 Å². The molecule has 122 valence electrons. The van der Waals surface area contributed by atoms with Gasteiger partial charge in [0, 0.05) is 23.1 Å². The zero-order valence-corrected chi connectivity index (χ0v) is 12.6. The van der Waals surface area contributed by atoms with Gasteiger partial charge in [0.05, 0.1) is 0 Å². The van der Waals surface area contributed by atoms with Crippen molar-refractivity contribution in [1.29, 1.82) is 0 Å². The van der Waals surface area contributed by atoms with Crippen LogP contribution >= 0.6 is 0 Å². The Morgan fingerprint density at radius 2 is 1.88 bits per heavy atom. The van der Waals surface area contributed by atoms with Gasteiger partial charge in [0.1, 0.15) is 11.5 Å². The number of aromatic amines is 1. The van der Waals surface area contributed by atoms with Gasteiger partial charge in [-0.3, -0.25) is 4.79 Å². The average Bonchev–Trinajstić information content (AvgIpc) is 2.99. The first-order valence-corrected chi connectivity index (χ1v) is 7.24. The van der Waals surface area contributed by atoms with Crippen molar-refractivity contribution in [2.75, 3.05) is 5.32 Å². The fourth-order valence-electron chi connectivity index (χ4n) is 2.37. The maximum Gasteiger partial charge on any atom is 0.316 e. The van der Waals surface area contributed by atoms with Gasteiger partial charge in [-0.25, -0.2) is 9.18 Å². The first-order valence-electron chi connectivity index (χ1n) is 7.24. The summed E-state index contributed by atoms with van der Waals surface area (Å²) >= 11 is 0. The van der Waals surface area contributed by atoms with Crippen LogP contribution in [0.15, 0.2) is 48.5 Å². The van der Waals surface area contributed by atoms with Gasteiger partial charge in [-0.05, 0) is 35.9 Å². The van der Waals surface area contributed by atoms with E-state index in [1.54, 1.807) is 36.4 Å². The number of anilines is 1. The molecule has 0 atom stereocenters. The predicted octanol–water partition coefficient (Wildman–Crippen LogP) is 2.73. The van der Waals surface area contributed by atoms with Crippen LogP contribution in [-0.2, 0) is 6.54 Å². The Bertz CT molecular complexity index is 903. The Balaban J connectivity index is 1.66. The molecule has 0 spiro atoms. The lowest BCUT2D eigenvalue weighted by Crippen LogP contribution is -2.23. The lowest BCUT2D eigenvalue weighted by Gasteiger charge is -2.06. The topological polar surface area (TPSA) is 100 Å². The van der Waals surface area contributed by atoms with Crippen molar-refractivity contribution in [2.24, 2.45) is 5.73 Å². The van der Waals surface area contributed by atoms with Gasteiger partial charge in [-0.1, -0.05) is 18.2 Å². The zero-order valence-electron chi connectivity index (χ0n) is 12.6. The predicted molar refractivity (Wildman–Crippen MR) is 89.1 cm³/mol. The molecule has 3 aromatic rings. The van der Waals surface area contributed by atoms with E-state index >= 15 is 0 Å². The standard InChI is InChI=1S/C17H15FN4O2/c18-13-2-1-3-14-12(13)8-15(22-14)16(23)20-9-10-4-6-11(7-5-10)21-17(19)24/h1-8,22H,9H2,(H,20,23)(H3,19,21,24). The molecule has 0 saturated carbocycles. The summed E-state index contributed by atoms with van der Waals surface area (Å²) in [5, 5.41) is 5.58. The third-order valence-electron chi connectivity index (χ3n) is 3.53. The number of rotatable bonds is 4. The summed E-state index contributed by atoms with van der Waals surface area (Å²) in [4.78, 5) is 25.8. The summed E-state index contributed by atoms with van der Waals surface area (Å²) in [6.07, 6.45) is 0. The number of amides is 3. The summed E-state index contributed by atoms with van der Waals surface area (Å²) in [6, 6.07) is 12.4. The Kier molecular flexibility index (Phi) is 4.15. The summed E-state index contributed by atoms with van der Waals surface area (Å²) in [5.74, 6) is -0.703. The molecule has 0 radical (unpaired) electrons. The molecule has 2 aromatic carbocycles. The van der Waals surface area contributed by atoms with Gasteiger partial charge in [0.2, 0.25) is 0 Å². The quantitative estimate of drug-likeness (QED) is 0.592. The van der Waals surface area contributed by atoms with Crippen LogP contribution in [0.4, 0.5) is 14.9 Å². The molecule has 3 amide bonds. The molecule has 0 aliphatic rings. The highest BCUT2D eigenvalue weighted by Crippen LogP contribution is 2.18. The molecule has 0 unspecified atom stereocenters. The molecule has 6 nitrogen and oxygen atoms in total. The van der Waals surface area contributed by atoms with Crippen molar-refractivity contribution >= 4 is 28.5 Å². The minimum absolute atomic E-state index is 0.294. The number of carbonyl (C=O) groups is 2. The highest BCUT2D eigenvalue weighted by molar-refractivity contribution is 5.98. The van der Waals surface area contributed by atoms with Crippen LogP contribution in [0.3, 0.4) is 0 Å². The van der Waals surface area contributed by atoms with E-state index in [0.717, 1.165) is 5.56 Å². The van der Waals surface area contributed by atoms with Crippen LogP contribution in [-0.4, -0.2) is 16.9 Å². The molecule has 0 saturated heterocycles. The van der Waals surface area contributed by atoms with E-state index in [1.165, 1.54) is 12.1 Å². The molecule has 5 N–H and O–H groups in total. The average molecular weight is 326 g/mol. The molecule has 1 heterocycles. The Morgan fingerprint density at radius 1 is 1.12 bits per heavy atom. The monoisotopic (exact) mass is 326 g/mol. The second-order valence-corrected chi connectivity index (χ2v) is 5.25. The summed E-state index contributed by atoms with van der Waals surface area (Å²) in [7, 11) is 0. The first kappa shape index (κ1) is 15.5. The van der Waals surface area contributed by atoms with E-state index in [0.29, 0.717) is 28.8 Å². The Hall–Kier alpha value is -3.35. The smallest absolute Gasteiger partial charge is 0.316 e. The molecule has 0 aliphatic heterocycles. The number of urea groups is 1. The molecule has 24 heavy (non-hydrogen) atoms. The van der Waals surface area contributed by atoms with E-state index in [9.17, 15) is 14.0 Å². The first-order chi connectivity index (χ1) is 11.5. The lowest BCUT2D eigenvalue weighted by atomic mass is 10.2. The number of carbonyl (C=O) groups excluding carboxylic acids is 2. The van der Waals surface area contributed by atoms with Crippen molar-refractivity contribution in [3.8, 4) is 0 Å². The summed E-state index contributed by atoms with van der Waals surface area (Å²) in [5.41, 5.74) is 7.32. The largest absolute Gasteiger partial charge is 0.351 e. The molecule has 3 rings (SSSR count). The van der Waals surface area contributed by atoms with Crippen LogP contribution in [0, 0.1) is 5.82 Å². The molecule has 0 fully saturated rings. The van der Waals surface area contributed by atoms with Gasteiger partial charge in [-0.15, -0.1) is 0 Å². The van der Waals surface area contributed by atoms with Crippen LogP contribution < -0.4 is 16.4 Å². The highest BCUT2D eigenvalue weighted by Gasteiger charge is 2.11. The van der Waals surface area contributed by atoms with E-state index in [4.69, 9.17) is 5.73 Å². The third kappa shape index (κ3) is 3.35. The van der Waals surface area contributed by atoms with Gasteiger partial charge in [0.15, 0.2) is 0 Å². The van der Waals surface area contributed by atoms with Crippen molar-refractivity contribution in [3.63, 3.8) is 0 Å². The minimum Gasteiger partial charge on any atom is -0.351 e. The van der Waals surface area contributed by atoms with Gasteiger partial charge in [-0.2, -0.15) is 0 Å². The fraction of sp³-hybridized carbons (Fsp3) is 0.0588. The number of fused-ring (bicyclic) bond motifs is 1. The van der Waals surface area contributed by atoms with Crippen molar-refractivity contribution in [2.45, 2.75) is 6.54 Å². The maximum atomic E-state index is 13.7. The van der Waals surface area contributed by atoms with Crippen LogP contribution in [0.5, 0.6) is 0 Å². The number of halogens is 1. The second-order valence-electron chi connectivity index (χ2n) is 5.25. The Morgan fingerprint density at radius 3 is 2.54 bits per heavy atom. The molecular weight excluding hydrogens is 311 g/mol. The summed E-state index contributed by atoms with van der Waals surface area (Å²) < 4.78 is 13.7. The number of H-pyrrole nitrogens is 1. The molecular formula is C17H15FN4O2. The van der Waals surface area contributed by atoms with Crippen molar-refractivity contribution in [3.05, 3.63) is 65.6 Å². The van der Waals surface area contributed by atoms with Gasteiger partial charge in [0.25, 0.3) is 5.91 Å². The highest BCUT2D eigenvalue weighted by atomic mass is 19.1. The van der Waals surface area contributed by atoms with E-state index in [-0.39, 0.29) is 11.7 Å². The third-order valence-corrected chi connectivity index (χ3v) is 3.53. The van der Waals surface area contributed by atoms with E-state index in [2.05, 4.69) is 15.6 Å². The maximum absolute atomic E-state index is 13.7. The van der Waals surface area contributed by atoms with E-state index in [1.807, 2.05) is 0 Å². The second kappa shape index (κ2) is 6.41. The molecule has 7 heteroatoms. The number of aromatic nitrogens is 1. The minimum atomic E-state index is -0.637. The number of nitrogens with one attached hydrogen (secondary N) is 3. The Labute approximate surface area is 136 Å². The fourth-order valence-corrected chi connectivity index (χ4v) is 2.37. The summed E-state index contributed by atoms with van der Waals surface area (Å²) in [6.45, 7) is 0.299. The van der Waals surface area contributed by atoms with Gasteiger partial charge >= 0.3 is 6.03 Å². The molecule has 0 aliphatic carbocycles. The SMILES string of the molecule is NC(=O)Nc1ccc(CNC(=O)c2cc3c(F)cccc3[nH]2)cc1. The van der Waals surface area contributed by atoms with E-state index < -0.39 is 6.03 Å². The number of hydrogen-bond acceptors (Lipinski definition) is 2. The molecule has 1 aromatic heterocycles. The van der Waals surface area contributed by atoms with Crippen molar-refractivity contribution < 1.29 is 14.0 Å². The van der Waals surface area contributed by atoms with Gasteiger partial charge < -0.3 is 21.4 Å². The van der Waals surface area contributed by atoms with Crippen LogP contribution in [0.1, 0.15) is 16.1 Å². The number of benzene rings is 2. The van der Waals surface area contributed by atoms with Crippen molar-refractivity contribution in [1.82, 2.24) is 10.3 Å². The number of nitrogens with two attached hydrogens (primary N) is 1. The number of hydrogen-bond donors (Lipinski definition) is 4.